The molecule has 52 heavy (non-hydrogen) atoms. The molecule has 0 aromatic heterocycles. The number of nitrogens with zero attached hydrogens (tertiary/aromatic N) is 3. The number of aryl methyl sites for hydroxylation is 1. The molecule has 3 heterocycles. The topological polar surface area (TPSA) is 119 Å². The summed E-state index contributed by atoms with van der Waals surface area (Å²) < 4.78 is 49.5. The van der Waals surface area contributed by atoms with E-state index in [0.717, 1.165) is 55.7 Å². The first-order valence-electron chi connectivity index (χ1n) is 19.0. The highest BCUT2D eigenvalue weighted by atomic mass is 35.5. The molecule has 10 nitrogen and oxygen atoms in total. The van der Waals surface area contributed by atoms with E-state index in [1.54, 1.807) is 6.07 Å². The fraction of sp³-hybridized carbons (Fsp3) is 0.641. The van der Waals surface area contributed by atoms with E-state index in [4.69, 9.17) is 16.3 Å². The Morgan fingerprint density at radius 3 is 2.54 bits per heavy atom. The summed E-state index contributed by atoms with van der Waals surface area (Å²) in [5.41, 5.74) is 2.50. The van der Waals surface area contributed by atoms with Crippen molar-refractivity contribution in [1.29, 1.82) is 0 Å². The number of halogens is 1. The fourth-order valence-corrected chi connectivity index (χ4v) is 12.2. The van der Waals surface area contributed by atoms with Crippen LogP contribution < -0.4 is 14.4 Å². The van der Waals surface area contributed by atoms with Gasteiger partial charge in [-0.05, 0) is 117 Å². The van der Waals surface area contributed by atoms with Gasteiger partial charge in [-0.3, -0.25) is 14.4 Å². The third-order valence-corrected chi connectivity index (χ3v) is 16.8. The predicted molar refractivity (Wildman–Crippen MR) is 209 cm³/mol. The molecule has 2 bridgehead atoms. The van der Waals surface area contributed by atoms with Crippen LogP contribution in [0.5, 0.6) is 5.75 Å². The number of hydrogen-bond donors (Lipinski definition) is 2. The van der Waals surface area contributed by atoms with Gasteiger partial charge in [0.15, 0.2) is 0 Å². The number of carbonyl (C=O) groups excluding carboxylic acids is 1. The Bertz CT molecular complexity index is 1900. The second-order valence-electron chi connectivity index (χ2n) is 16.5. The highest BCUT2D eigenvalue weighted by molar-refractivity contribution is 7.99. The second-order valence-corrected chi connectivity index (χ2v) is 21.3. The minimum absolute atomic E-state index is 0.00155. The summed E-state index contributed by atoms with van der Waals surface area (Å²) in [4.78, 5) is 18.4. The van der Waals surface area contributed by atoms with Crippen LogP contribution in [0.15, 0.2) is 36.4 Å². The quantitative estimate of drug-likeness (QED) is 0.431. The van der Waals surface area contributed by atoms with Crippen molar-refractivity contribution in [2.24, 2.45) is 17.8 Å². The molecule has 2 aromatic carbocycles. The average molecular weight is 775 g/mol. The van der Waals surface area contributed by atoms with Crippen LogP contribution in [0.3, 0.4) is 0 Å². The summed E-state index contributed by atoms with van der Waals surface area (Å²) in [6, 6.07) is 11.7. The van der Waals surface area contributed by atoms with Gasteiger partial charge in [0.1, 0.15) is 5.75 Å². The summed E-state index contributed by atoms with van der Waals surface area (Å²) in [6.07, 6.45) is 8.15. The van der Waals surface area contributed by atoms with Gasteiger partial charge in [0.25, 0.3) is 5.91 Å². The zero-order valence-corrected chi connectivity index (χ0v) is 33.2. The number of fused-ring (bicyclic) bond motifs is 4. The maximum absolute atomic E-state index is 14.0. The number of hydrogen-bond acceptors (Lipinski definition) is 8. The van der Waals surface area contributed by atoms with Crippen molar-refractivity contribution in [3.05, 3.63) is 58.1 Å². The largest absolute Gasteiger partial charge is 0.490 e. The van der Waals surface area contributed by atoms with Gasteiger partial charge in [-0.25, -0.2) is 12.6 Å². The van der Waals surface area contributed by atoms with Crippen LogP contribution in [0.1, 0.15) is 80.3 Å². The van der Waals surface area contributed by atoms with Crippen molar-refractivity contribution in [2.75, 3.05) is 63.6 Å². The zero-order chi connectivity index (χ0) is 37.1. The van der Waals surface area contributed by atoms with Crippen molar-refractivity contribution in [3.8, 4) is 5.75 Å². The molecule has 3 aliphatic heterocycles. The van der Waals surface area contributed by atoms with E-state index in [1.807, 2.05) is 32.0 Å². The molecule has 2 fully saturated rings. The van der Waals surface area contributed by atoms with E-state index < -0.39 is 31.2 Å². The highest BCUT2D eigenvalue weighted by Gasteiger charge is 2.49. The lowest BCUT2D eigenvalue weighted by atomic mass is 9.62. The molecule has 5 aliphatic rings. The van der Waals surface area contributed by atoms with Crippen molar-refractivity contribution < 1.29 is 27.3 Å². The second kappa shape index (κ2) is 14.4. The van der Waals surface area contributed by atoms with E-state index in [9.17, 15) is 22.5 Å². The molecular weight excluding hydrogens is 720 g/mol. The lowest BCUT2D eigenvalue weighted by molar-refractivity contribution is -0.108. The van der Waals surface area contributed by atoms with Gasteiger partial charge in [-0.1, -0.05) is 31.0 Å². The molecule has 286 valence electrons. The average Bonchev–Trinajstić information content (AvgIpc) is 3.22. The van der Waals surface area contributed by atoms with Crippen molar-refractivity contribution in [2.45, 2.75) is 81.5 Å². The van der Waals surface area contributed by atoms with Gasteiger partial charge in [-0.2, -0.15) is 4.31 Å². The number of benzene rings is 2. The first kappa shape index (κ1) is 37.9. The van der Waals surface area contributed by atoms with Crippen LogP contribution in [-0.2, 0) is 31.6 Å². The number of β-amino-alcohol motifs (C(OH)–C–C–N with tert-alkyl or cyclic N) is 1. The van der Waals surface area contributed by atoms with Crippen LogP contribution in [0.2, 0.25) is 5.02 Å². The summed E-state index contributed by atoms with van der Waals surface area (Å²) in [5, 5.41) is 13.2. The Labute approximate surface area is 315 Å². The Balaban J connectivity index is 1.26. The van der Waals surface area contributed by atoms with Crippen LogP contribution >= 0.6 is 11.6 Å². The maximum atomic E-state index is 14.0. The van der Waals surface area contributed by atoms with E-state index in [0.29, 0.717) is 70.2 Å². The van der Waals surface area contributed by atoms with Crippen LogP contribution in [0, 0.1) is 17.8 Å². The van der Waals surface area contributed by atoms with Gasteiger partial charge in [0.2, 0.25) is 10.0 Å². The smallest absolute Gasteiger partial charge is 0.262 e. The van der Waals surface area contributed by atoms with Gasteiger partial charge >= 0.3 is 0 Å². The van der Waals surface area contributed by atoms with E-state index in [2.05, 4.69) is 32.5 Å². The van der Waals surface area contributed by atoms with Crippen molar-refractivity contribution in [3.63, 3.8) is 0 Å². The van der Waals surface area contributed by atoms with E-state index >= 15 is 0 Å². The molecule has 7 rings (SSSR count). The highest BCUT2D eigenvalue weighted by Crippen LogP contribution is 2.49. The van der Waals surface area contributed by atoms with Crippen LogP contribution in [0.4, 0.5) is 5.69 Å². The fourth-order valence-electron chi connectivity index (χ4n) is 9.67. The molecular formula is C39H55ClN4O6S2. The zero-order valence-electron chi connectivity index (χ0n) is 30.8. The SMILES string of the molecule is C=S1(=O)NC(=O)c2ccc3c(c2)N(C[C@@H]2CC[C@H]2[C@](O)(CN2CCN(S(C)(=O)=O)CC2)CCC[C@H](C)[C@H]1C)C[C@@]1(CCCc2cc(Cl)ccc21)CO3. The molecule has 2 aromatic rings. The number of anilines is 1. The molecule has 1 amide bonds. The standard InChI is InChI=1S/C39H55ClN4O6S2/c1-27-7-5-16-39(46,25-42-17-19-44(20-18-42)52(4,48)49)34-12-9-31(34)23-43-24-38(15-6-8-29-21-32(40)11-13-33(29)38)26-50-36-14-10-30(22-35(36)43)37(45)41-51(3,47)28(27)2/h10-11,13-14,21-22,27-28,31,34,46H,3,5-9,12,15-20,23-26H2,1-2,4H3,(H,41,45,47)/t27-,28+,31-,34+,38-,39+,51?/m0/s1. The van der Waals surface area contributed by atoms with Gasteiger partial charge in [0, 0.05) is 67.1 Å². The number of ether oxygens (including phenoxy) is 1. The maximum Gasteiger partial charge on any atom is 0.262 e. The van der Waals surface area contributed by atoms with E-state index in [1.165, 1.54) is 21.7 Å². The first-order chi connectivity index (χ1) is 24.6. The third-order valence-electron chi connectivity index (χ3n) is 13.1. The minimum Gasteiger partial charge on any atom is -0.490 e. The van der Waals surface area contributed by atoms with Crippen molar-refractivity contribution >= 4 is 48.8 Å². The molecule has 1 saturated carbocycles. The summed E-state index contributed by atoms with van der Waals surface area (Å²) in [6.45, 7) is 8.30. The third kappa shape index (κ3) is 7.49. The summed E-state index contributed by atoms with van der Waals surface area (Å²) in [5.74, 6) is 4.58. The number of nitrogens with one attached hydrogen (secondary N) is 1. The molecule has 1 unspecified atom stereocenters. The minimum atomic E-state index is -3.27. The van der Waals surface area contributed by atoms with Crippen LogP contribution in [-0.4, -0.2) is 108 Å². The van der Waals surface area contributed by atoms with Crippen LogP contribution in [0.25, 0.3) is 0 Å². The lowest BCUT2D eigenvalue weighted by Gasteiger charge is -2.52. The Hall–Kier alpha value is -2.35. The number of sulfonamides is 1. The predicted octanol–water partition coefficient (Wildman–Crippen LogP) is 4.72. The Morgan fingerprint density at radius 1 is 1.06 bits per heavy atom. The van der Waals surface area contributed by atoms with Gasteiger partial charge in [0.05, 0.1) is 33.9 Å². The molecule has 1 saturated heterocycles. The molecule has 1 spiro atoms. The molecule has 7 atom stereocenters. The molecule has 2 aliphatic carbocycles. The number of amides is 1. The first-order valence-corrected chi connectivity index (χ1v) is 23.0. The van der Waals surface area contributed by atoms with Gasteiger partial charge in [-0.15, -0.1) is 0 Å². The molecule has 13 heteroatoms. The molecule has 0 radical (unpaired) electrons. The molecule has 2 N–H and O–H groups in total. The van der Waals surface area contributed by atoms with E-state index in [-0.39, 0.29) is 28.4 Å². The number of carbonyl (C=O) groups is 1. The Kier molecular flexibility index (Phi) is 10.5. The summed E-state index contributed by atoms with van der Waals surface area (Å²) >= 11 is 6.48. The number of rotatable bonds is 3. The van der Waals surface area contributed by atoms with Gasteiger partial charge < -0.3 is 14.7 Å². The Morgan fingerprint density at radius 2 is 1.83 bits per heavy atom. The normalized spacial score (nSPS) is 35.0. The number of aliphatic hydroxyl groups is 1. The lowest BCUT2D eigenvalue weighted by Crippen LogP contribution is -2.59. The monoisotopic (exact) mass is 774 g/mol. The van der Waals surface area contributed by atoms with Crippen molar-refractivity contribution in [1.82, 2.24) is 13.9 Å². The summed E-state index contributed by atoms with van der Waals surface area (Å²) in [7, 11) is -6.26. The number of piperazine rings is 1.